The van der Waals surface area contributed by atoms with Gasteiger partial charge in [0, 0.05) is 36.8 Å². The van der Waals surface area contributed by atoms with Crippen molar-refractivity contribution >= 4 is 11.6 Å². The van der Waals surface area contributed by atoms with E-state index in [9.17, 15) is 0 Å². The number of aromatic nitrogens is 2. The minimum absolute atomic E-state index is 0.241. The Labute approximate surface area is 189 Å². The van der Waals surface area contributed by atoms with Crippen molar-refractivity contribution in [2.24, 2.45) is 0 Å². The second-order valence-electron chi connectivity index (χ2n) is 8.53. The van der Waals surface area contributed by atoms with Crippen LogP contribution in [0.5, 0.6) is 5.75 Å². The molecule has 2 aromatic carbocycles. The van der Waals surface area contributed by atoms with Crippen LogP contribution in [-0.2, 0) is 11.3 Å². The Hall–Kier alpha value is -2.96. The number of hydrogen-bond donors (Lipinski definition) is 1. The lowest BCUT2D eigenvalue weighted by molar-refractivity contribution is 0.0256. The second-order valence-corrected chi connectivity index (χ2v) is 8.53. The third-order valence-corrected chi connectivity index (χ3v) is 6.06. The summed E-state index contributed by atoms with van der Waals surface area (Å²) in [6, 6.07) is 18.6. The third-order valence-electron chi connectivity index (χ3n) is 6.06. The molecule has 2 fully saturated rings. The lowest BCUT2D eigenvalue weighted by Gasteiger charge is -2.23. The molecule has 6 nitrogen and oxygen atoms in total. The molecule has 3 aromatic rings. The van der Waals surface area contributed by atoms with E-state index in [1.54, 1.807) is 6.20 Å². The molecule has 1 N–H and O–H groups in total. The summed E-state index contributed by atoms with van der Waals surface area (Å²) in [5.74, 6) is 1.49. The number of benzene rings is 2. The van der Waals surface area contributed by atoms with Gasteiger partial charge in [0.15, 0.2) is 0 Å². The van der Waals surface area contributed by atoms with Crippen molar-refractivity contribution in [3.8, 4) is 17.0 Å². The first-order valence-corrected chi connectivity index (χ1v) is 11.6. The van der Waals surface area contributed by atoms with Gasteiger partial charge < -0.3 is 14.8 Å². The maximum absolute atomic E-state index is 6.08. The van der Waals surface area contributed by atoms with Crippen LogP contribution in [0.25, 0.3) is 11.3 Å². The van der Waals surface area contributed by atoms with Gasteiger partial charge in [-0.2, -0.15) is 0 Å². The number of nitrogens with one attached hydrogen (secondary N) is 1. The van der Waals surface area contributed by atoms with Crippen LogP contribution in [0.15, 0.2) is 60.8 Å². The zero-order valence-electron chi connectivity index (χ0n) is 18.4. The minimum atomic E-state index is 0.241. The van der Waals surface area contributed by atoms with Crippen LogP contribution in [-0.4, -0.2) is 47.3 Å². The van der Waals surface area contributed by atoms with Crippen molar-refractivity contribution in [1.29, 1.82) is 0 Å². The molecule has 5 rings (SSSR count). The first-order valence-electron chi connectivity index (χ1n) is 11.6. The molecule has 2 aliphatic heterocycles. The van der Waals surface area contributed by atoms with E-state index in [0.29, 0.717) is 5.95 Å². The summed E-state index contributed by atoms with van der Waals surface area (Å²) >= 11 is 0. The Kier molecular flexibility index (Phi) is 6.61. The van der Waals surface area contributed by atoms with E-state index in [-0.39, 0.29) is 6.10 Å². The molecule has 0 aliphatic carbocycles. The third kappa shape index (κ3) is 5.44. The van der Waals surface area contributed by atoms with Gasteiger partial charge in [-0.05, 0) is 74.0 Å². The van der Waals surface area contributed by atoms with E-state index in [1.807, 2.05) is 18.2 Å². The summed E-state index contributed by atoms with van der Waals surface area (Å²) in [6.45, 7) is 4.95. The molecule has 32 heavy (non-hydrogen) atoms. The number of ether oxygens (including phenoxy) is 2. The van der Waals surface area contributed by atoms with Crippen molar-refractivity contribution in [2.45, 2.75) is 38.3 Å². The summed E-state index contributed by atoms with van der Waals surface area (Å²) in [5.41, 5.74) is 4.25. The van der Waals surface area contributed by atoms with Crippen LogP contribution >= 0.6 is 0 Å². The number of nitrogens with zero attached hydrogens (tertiary/aromatic N) is 3. The zero-order chi connectivity index (χ0) is 21.6. The number of hydrogen-bond acceptors (Lipinski definition) is 6. The number of likely N-dealkylation sites (tertiary alicyclic amines) is 1. The molecule has 0 atom stereocenters. The number of anilines is 2. The molecule has 0 bridgehead atoms. The molecule has 1 aromatic heterocycles. The fourth-order valence-electron chi connectivity index (χ4n) is 4.35. The van der Waals surface area contributed by atoms with Gasteiger partial charge in [-0.3, -0.25) is 4.90 Å². The average Bonchev–Trinajstić information content (AvgIpc) is 3.34. The van der Waals surface area contributed by atoms with Crippen molar-refractivity contribution in [2.75, 3.05) is 31.6 Å². The second kappa shape index (κ2) is 10.1. The first-order chi connectivity index (χ1) is 15.8. The Morgan fingerprint density at radius 2 is 1.81 bits per heavy atom. The predicted octanol–water partition coefficient (Wildman–Crippen LogP) is 5.04. The Morgan fingerprint density at radius 3 is 2.62 bits per heavy atom. The van der Waals surface area contributed by atoms with Gasteiger partial charge in [0.1, 0.15) is 11.9 Å². The fourth-order valence-corrected chi connectivity index (χ4v) is 4.35. The largest absolute Gasteiger partial charge is 0.490 e. The minimum Gasteiger partial charge on any atom is -0.490 e. The maximum atomic E-state index is 6.08. The van der Waals surface area contributed by atoms with Crippen molar-refractivity contribution in [1.82, 2.24) is 14.9 Å². The highest BCUT2D eigenvalue weighted by Crippen LogP contribution is 2.25. The van der Waals surface area contributed by atoms with E-state index < -0.39 is 0 Å². The van der Waals surface area contributed by atoms with Gasteiger partial charge in [-0.25, -0.2) is 9.97 Å². The van der Waals surface area contributed by atoms with E-state index in [4.69, 9.17) is 14.5 Å². The Bertz CT molecular complexity index is 1010. The van der Waals surface area contributed by atoms with E-state index in [2.05, 4.69) is 51.6 Å². The maximum Gasteiger partial charge on any atom is 0.227 e. The van der Waals surface area contributed by atoms with Crippen molar-refractivity contribution in [3.63, 3.8) is 0 Å². The highest BCUT2D eigenvalue weighted by Gasteiger charge is 2.15. The molecule has 166 valence electrons. The fraction of sp³-hybridized carbons (Fsp3) is 0.385. The summed E-state index contributed by atoms with van der Waals surface area (Å²) in [7, 11) is 0. The summed E-state index contributed by atoms with van der Waals surface area (Å²) < 4.78 is 11.5. The molecule has 2 aliphatic rings. The molecule has 3 heterocycles. The van der Waals surface area contributed by atoms with Crippen LogP contribution in [0.4, 0.5) is 11.6 Å². The highest BCUT2D eigenvalue weighted by atomic mass is 16.5. The van der Waals surface area contributed by atoms with Crippen LogP contribution in [0.3, 0.4) is 0 Å². The molecule has 0 spiro atoms. The monoisotopic (exact) mass is 430 g/mol. The zero-order valence-corrected chi connectivity index (χ0v) is 18.4. The molecule has 2 saturated heterocycles. The first kappa shape index (κ1) is 20.9. The summed E-state index contributed by atoms with van der Waals surface area (Å²) in [4.78, 5) is 11.7. The summed E-state index contributed by atoms with van der Waals surface area (Å²) in [5, 5.41) is 3.37. The Morgan fingerprint density at radius 1 is 1.00 bits per heavy atom. The van der Waals surface area contributed by atoms with Gasteiger partial charge in [0.25, 0.3) is 0 Å². The van der Waals surface area contributed by atoms with E-state index in [0.717, 1.165) is 55.3 Å². The SMILES string of the molecule is c1cc(CN2CCCC2)cc(Nc2nccc(-c3ccc(OC4CCOCC4)cc3)n2)c1. The average molecular weight is 431 g/mol. The van der Waals surface area contributed by atoms with E-state index in [1.165, 1.54) is 31.5 Å². The van der Waals surface area contributed by atoms with E-state index >= 15 is 0 Å². The topological polar surface area (TPSA) is 59.5 Å². The van der Waals surface area contributed by atoms with Gasteiger partial charge in [-0.1, -0.05) is 12.1 Å². The van der Waals surface area contributed by atoms with Crippen molar-refractivity contribution < 1.29 is 9.47 Å². The standard InChI is InChI=1S/C26H30N4O2/c1-2-15-30(14-1)19-20-4-3-5-22(18-20)28-26-27-13-10-25(29-26)21-6-8-23(9-7-21)32-24-11-16-31-17-12-24/h3-10,13,18,24H,1-2,11-12,14-17,19H2,(H,27,28,29). The quantitative estimate of drug-likeness (QED) is 0.567. The van der Waals surface area contributed by atoms with Gasteiger partial charge in [0.05, 0.1) is 18.9 Å². The lowest BCUT2D eigenvalue weighted by Crippen LogP contribution is -2.25. The molecular weight excluding hydrogens is 400 g/mol. The lowest BCUT2D eigenvalue weighted by atomic mass is 10.1. The van der Waals surface area contributed by atoms with Crippen LogP contribution in [0.2, 0.25) is 0 Å². The highest BCUT2D eigenvalue weighted by molar-refractivity contribution is 5.63. The van der Waals surface area contributed by atoms with Crippen LogP contribution in [0.1, 0.15) is 31.2 Å². The Balaban J connectivity index is 1.24. The molecule has 0 amide bonds. The van der Waals surface area contributed by atoms with Gasteiger partial charge >= 0.3 is 0 Å². The molecule has 0 radical (unpaired) electrons. The van der Waals surface area contributed by atoms with Gasteiger partial charge in [-0.15, -0.1) is 0 Å². The van der Waals surface area contributed by atoms with Crippen LogP contribution < -0.4 is 10.1 Å². The summed E-state index contributed by atoms with van der Waals surface area (Å²) in [6.07, 6.45) is 6.54. The molecular formula is C26H30N4O2. The van der Waals surface area contributed by atoms with Crippen LogP contribution in [0, 0.1) is 0 Å². The normalized spacial score (nSPS) is 17.4. The molecule has 0 saturated carbocycles. The molecule has 6 heteroatoms. The van der Waals surface area contributed by atoms with Gasteiger partial charge in [0.2, 0.25) is 5.95 Å². The smallest absolute Gasteiger partial charge is 0.227 e. The van der Waals surface area contributed by atoms with Crippen molar-refractivity contribution in [3.05, 3.63) is 66.4 Å². The molecule has 0 unspecified atom stereocenters. The number of rotatable bonds is 7. The predicted molar refractivity (Wildman–Crippen MR) is 126 cm³/mol.